The first-order valence-corrected chi connectivity index (χ1v) is 8.86. The Morgan fingerprint density at radius 2 is 1.96 bits per heavy atom. The van der Waals surface area contributed by atoms with Gasteiger partial charge in [0, 0.05) is 38.9 Å². The molecular weight excluding hydrogens is 305 g/mol. The maximum absolute atomic E-state index is 13.6. The second-order valence-corrected chi connectivity index (χ2v) is 6.76. The van der Waals surface area contributed by atoms with Crippen LogP contribution in [0.2, 0.25) is 0 Å². The Labute approximate surface area is 147 Å². The van der Waals surface area contributed by atoms with E-state index in [0.717, 1.165) is 43.9 Å². The Kier molecular flexibility index (Phi) is 9.91. The molecule has 1 unspecified atom stereocenters. The molecule has 1 aromatic rings. The quantitative estimate of drug-likeness (QED) is 0.593. The van der Waals surface area contributed by atoms with Crippen molar-refractivity contribution in [2.24, 2.45) is 5.92 Å². The van der Waals surface area contributed by atoms with E-state index in [0.29, 0.717) is 19.1 Å². The molecule has 1 N–H and O–H groups in total. The van der Waals surface area contributed by atoms with E-state index in [4.69, 9.17) is 4.74 Å². The minimum absolute atomic E-state index is 0.185. The van der Waals surface area contributed by atoms with Crippen molar-refractivity contribution in [2.45, 2.75) is 26.8 Å². The molecule has 0 aromatic heterocycles. The summed E-state index contributed by atoms with van der Waals surface area (Å²) in [5.74, 6) is 0.431. The molecule has 5 heteroatoms. The summed E-state index contributed by atoms with van der Waals surface area (Å²) < 4.78 is 19.2. The number of hydrogen-bond acceptors (Lipinski definition) is 4. The van der Waals surface area contributed by atoms with Crippen LogP contribution in [0.4, 0.5) is 10.1 Å². The lowest BCUT2D eigenvalue weighted by molar-refractivity contribution is 0.119. The summed E-state index contributed by atoms with van der Waals surface area (Å²) in [6, 6.07) is 5.04. The molecule has 0 aliphatic carbocycles. The van der Waals surface area contributed by atoms with E-state index in [1.54, 1.807) is 6.07 Å². The first kappa shape index (κ1) is 20.9. The van der Waals surface area contributed by atoms with Crippen LogP contribution in [0.3, 0.4) is 0 Å². The van der Waals surface area contributed by atoms with Crippen molar-refractivity contribution in [1.82, 2.24) is 10.2 Å². The molecule has 1 aromatic carbocycles. The average Bonchev–Trinajstić information content (AvgIpc) is 2.53. The van der Waals surface area contributed by atoms with E-state index >= 15 is 0 Å². The summed E-state index contributed by atoms with van der Waals surface area (Å²) in [5, 5.41) is 3.35. The molecule has 0 saturated carbocycles. The lowest BCUT2D eigenvalue weighted by atomic mass is 10.1. The molecule has 0 fully saturated rings. The number of halogens is 1. The Balaban J connectivity index is 2.47. The smallest absolute Gasteiger partial charge is 0.123 e. The molecule has 0 heterocycles. The van der Waals surface area contributed by atoms with Crippen molar-refractivity contribution in [2.75, 3.05) is 58.9 Å². The van der Waals surface area contributed by atoms with Crippen molar-refractivity contribution in [3.63, 3.8) is 0 Å². The molecule has 0 aliphatic heterocycles. The Hall–Kier alpha value is -1.17. The Morgan fingerprint density at radius 1 is 1.21 bits per heavy atom. The summed E-state index contributed by atoms with van der Waals surface area (Å²) in [6.07, 6.45) is 1.14. The number of anilines is 1. The molecular formula is C19H34FN3O. The van der Waals surface area contributed by atoms with Gasteiger partial charge in [-0.25, -0.2) is 4.39 Å². The Bertz CT molecular complexity index is 468. The normalized spacial score (nSPS) is 12.6. The summed E-state index contributed by atoms with van der Waals surface area (Å²) in [6.45, 7) is 9.15. The fourth-order valence-corrected chi connectivity index (χ4v) is 2.48. The molecule has 0 spiro atoms. The SMILES string of the molecule is CCC(C)CN(C)c1ccc(F)cc1CNCCOCCN(C)C. The summed E-state index contributed by atoms with van der Waals surface area (Å²) >= 11 is 0. The molecule has 0 amide bonds. The standard InChI is InChI=1S/C19H34FN3O/c1-6-16(2)15-23(5)19-8-7-18(20)13-17(19)14-21-9-11-24-12-10-22(3)4/h7-8,13,16,21H,6,9-12,14-15H2,1-5H3. The highest BCUT2D eigenvalue weighted by Gasteiger charge is 2.11. The van der Waals surface area contributed by atoms with Gasteiger partial charge in [-0.1, -0.05) is 20.3 Å². The van der Waals surface area contributed by atoms with Crippen LogP contribution in [0, 0.1) is 11.7 Å². The van der Waals surface area contributed by atoms with Gasteiger partial charge in [-0.2, -0.15) is 0 Å². The zero-order chi connectivity index (χ0) is 17.9. The van der Waals surface area contributed by atoms with E-state index in [1.807, 2.05) is 20.2 Å². The zero-order valence-corrected chi connectivity index (χ0v) is 15.9. The average molecular weight is 339 g/mol. The van der Waals surface area contributed by atoms with Crippen molar-refractivity contribution in [3.8, 4) is 0 Å². The molecule has 24 heavy (non-hydrogen) atoms. The van der Waals surface area contributed by atoms with Gasteiger partial charge in [0.05, 0.1) is 13.2 Å². The fourth-order valence-electron chi connectivity index (χ4n) is 2.48. The molecule has 0 aliphatic rings. The van der Waals surface area contributed by atoms with Crippen molar-refractivity contribution in [3.05, 3.63) is 29.6 Å². The van der Waals surface area contributed by atoms with Crippen LogP contribution in [-0.2, 0) is 11.3 Å². The molecule has 1 atom stereocenters. The summed E-state index contributed by atoms with van der Waals surface area (Å²) in [5.41, 5.74) is 2.09. The molecule has 4 nitrogen and oxygen atoms in total. The fraction of sp³-hybridized carbons (Fsp3) is 0.684. The summed E-state index contributed by atoms with van der Waals surface area (Å²) in [4.78, 5) is 4.32. The predicted molar refractivity (Wildman–Crippen MR) is 100 cm³/mol. The van der Waals surface area contributed by atoms with Crippen LogP contribution in [-0.4, -0.2) is 58.9 Å². The first-order valence-electron chi connectivity index (χ1n) is 8.86. The van der Waals surface area contributed by atoms with Gasteiger partial charge in [-0.3, -0.25) is 0 Å². The Morgan fingerprint density at radius 3 is 2.62 bits per heavy atom. The number of hydrogen-bond donors (Lipinski definition) is 1. The molecule has 0 saturated heterocycles. The number of nitrogens with zero attached hydrogens (tertiary/aromatic N) is 2. The number of ether oxygens (including phenoxy) is 1. The zero-order valence-electron chi connectivity index (χ0n) is 15.9. The molecule has 0 radical (unpaired) electrons. The van der Waals surface area contributed by atoms with Crippen LogP contribution >= 0.6 is 0 Å². The minimum atomic E-state index is -0.185. The second kappa shape index (κ2) is 11.4. The van der Waals surface area contributed by atoms with E-state index in [1.165, 1.54) is 6.07 Å². The predicted octanol–water partition coefficient (Wildman–Crippen LogP) is 2.98. The molecule has 138 valence electrons. The number of likely N-dealkylation sites (N-methyl/N-ethyl adjacent to an activating group) is 1. The topological polar surface area (TPSA) is 27.7 Å². The lowest BCUT2D eigenvalue weighted by Crippen LogP contribution is -2.27. The van der Waals surface area contributed by atoms with Gasteiger partial charge in [0.2, 0.25) is 0 Å². The third kappa shape index (κ3) is 8.08. The maximum Gasteiger partial charge on any atom is 0.123 e. The monoisotopic (exact) mass is 339 g/mol. The number of rotatable bonds is 12. The van der Waals surface area contributed by atoms with Crippen LogP contribution in [0.15, 0.2) is 18.2 Å². The van der Waals surface area contributed by atoms with Crippen LogP contribution in [0.1, 0.15) is 25.8 Å². The lowest BCUT2D eigenvalue weighted by Gasteiger charge is -2.25. The highest BCUT2D eigenvalue weighted by atomic mass is 19.1. The van der Waals surface area contributed by atoms with Gasteiger partial charge in [0.25, 0.3) is 0 Å². The van der Waals surface area contributed by atoms with Gasteiger partial charge in [-0.05, 0) is 43.8 Å². The largest absolute Gasteiger partial charge is 0.379 e. The van der Waals surface area contributed by atoms with Crippen molar-refractivity contribution in [1.29, 1.82) is 0 Å². The third-order valence-corrected chi connectivity index (χ3v) is 4.16. The highest BCUT2D eigenvalue weighted by Crippen LogP contribution is 2.22. The van der Waals surface area contributed by atoms with Gasteiger partial charge < -0.3 is 19.9 Å². The van der Waals surface area contributed by atoms with E-state index < -0.39 is 0 Å². The van der Waals surface area contributed by atoms with Gasteiger partial charge in [-0.15, -0.1) is 0 Å². The summed E-state index contributed by atoms with van der Waals surface area (Å²) in [7, 11) is 6.14. The van der Waals surface area contributed by atoms with E-state index in [2.05, 4.69) is 36.0 Å². The molecule has 1 rings (SSSR count). The van der Waals surface area contributed by atoms with Crippen molar-refractivity contribution < 1.29 is 9.13 Å². The van der Waals surface area contributed by atoms with E-state index in [9.17, 15) is 4.39 Å². The van der Waals surface area contributed by atoms with Gasteiger partial charge in [0.1, 0.15) is 5.82 Å². The second-order valence-electron chi connectivity index (χ2n) is 6.76. The van der Waals surface area contributed by atoms with Crippen molar-refractivity contribution >= 4 is 5.69 Å². The first-order chi connectivity index (χ1) is 11.4. The molecule has 0 bridgehead atoms. The maximum atomic E-state index is 13.6. The van der Waals surface area contributed by atoms with Gasteiger partial charge >= 0.3 is 0 Å². The van der Waals surface area contributed by atoms with Gasteiger partial charge in [0.15, 0.2) is 0 Å². The van der Waals surface area contributed by atoms with E-state index in [-0.39, 0.29) is 5.82 Å². The van der Waals surface area contributed by atoms with Crippen LogP contribution in [0.25, 0.3) is 0 Å². The van der Waals surface area contributed by atoms with Crippen LogP contribution in [0.5, 0.6) is 0 Å². The minimum Gasteiger partial charge on any atom is -0.379 e. The van der Waals surface area contributed by atoms with Crippen LogP contribution < -0.4 is 10.2 Å². The highest BCUT2D eigenvalue weighted by molar-refractivity contribution is 5.53. The number of benzene rings is 1. The third-order valence-electron chi connectivity index (χ3n) is 4.16. The number of nitrogens with one attached hydrogen (secondary N) is 1.